The Hall–Kier alpha value is -1.99. The Labute approximate surface area is 205 Å². The number of nitrogens with one attached hydrogen (secondary N) is 1. The van der Waals surface area contributed by atoms with E-state index in [4.69, 9.17) is 16.3 Å². The van der Waals surface area contributed by atoms with Gasteiger partial charge in [0.1, 0.15) is 18.3 Å². The summed E-state index contributed by atoms with van der Waals surface area (Å²) in [5.74, 6) is 1.40. The fraction of sp³-hybridized carbons (Fsp3) is 0.500. The molecule has 1 unspecified atom stereocenters. The summed E-state index contributed by atoms with van der Waals surface area (Å²) in [7, 11) is 0. The van der Waals surface area contributed by atoms with Crippen molar-refractivity contribution < 1.29 is 20.1 Å². The molecule has 3 aromatic rings. The van der Waals surface area contributed by atoms with Crippen molar-refractivity contribution in [2.75, 3.05) is 24.3 Å². The third-order valence-electron chi connectivity index (χ3n) is 6.25. The Morgan fingerprint density at radius 2 is 1.97 bits per heavy atom. The second kappa shape index (κ2) is 10.3. The van der Waals surface area contributed by atoms with Gasteiger partial charge < -0.3 is 25.5 Å². The van der Waals surface area contributed by atoms with E-state index >= 15 is 0 Å². The number of aliphatic hydroxyl groups excluding tert-OH is 3. The van der Waals surface area contributed by atoms with Crippen LogP contribution in [0.25, 0.3) is 11.2 Å². The fourth-order valence-corrected chi connectivity index (χ4v) is 5.68. The number of fused-ring (bicyclic) bond motifs is 1. The number of thioether (sulfide) groups is 1. The van der Waals surface area contributed by atoms with Crippen molar-refractivity contribution in [1.82, 2.24) is 24.5 Å². The van der Waals surface area contributed by atoms with Crippen molar-refractivity contribution in [3.8, 4) is 0 Å². The zero-order valence-corrected chi connectivity index (χ0v) is 19.9. The van der Waals surface area contributed by atoms with Crippen molar-refractivity contribution in [1.29, 1.82) is 0 Å². The van der Waals surface area contributed by atoms with E-state index in [2.05, 4.69) is 37.5 Å². The van der Waals surface area contributed by atoms with Gasteiger partial charge in [0.15, 0.2) is 23.2 Å². The monoisotopic (exact) mass is 506 g/mol. The maximum absolute atomic E-state index is 10.4. The summed E-state index contributed by atoms with van der Waals surface area (Å²) in [6.45, 7) is 0.444. The van der Waals surface area contributed by atoms with Crippen LogP contribution in [-0.4, -0.2) is 83.1 Å². The highest BCUT2D eigenvalue weighted by molar-refractivity contribution is 7.99. The Kier molecular flexibility index (Phi) is 7.21. The molecule has 4 heterocycles. The molecule has 1 aromatic carbocycles. The molecule has 2 saturated heterocycles. The largest absolute Gasteiger partial charge is 0.394 e. The number of piperidine rings is 1. The van der Waals surface area contributed by atoms with Crippen molar-refractivity contribution >= 4 is 40.3 Å². The number of hydrogen-bond donors (Lipinski definition) is 4. The minimum atomic E-state index is -1.25. The van der Waals surface area contributed by atoms with Crippen LogP contribution in [0.5, 0.6) is 0 Å². The lowest BCUT2D eigenvalue weighted by Crippen LogP contribution is -2.45. The van der Waals surface area contributed by atoms with Crippen LogP contribution in [-0.2, 0) is 4.74 Å². The average molecular weight is 507 g/mol. The summed E-state index contributed by atoms with van der Waals surface area (Å²) in [5, 5.41) is 32.2. The van der Waals surface area contributed by atoms with Gasteiger partial charge in [0, 0.05) is 23.2 Å². The Morgan fingerprint density at radius 1 is 1.15 bits per heavy atom. The van der Waals surface area contributed by atoms with Crippen LogP contribution in [0.2, 0.25) is 5.28 Å². The molecule has 2 aliphatic heterocycles. The first-order valence-electron chi connectivity index (χ1n) is 11.3. The molecule has 2 fully saturated rings. The van der Waals surface area contributed by atoms with E-state index < -0.39 is 31.1 Å². The summed E-state index contributed by atoms with van der Waals surface area (Å²) in [5.41, 5.74) is 4.25. The summed E-state index contributed by atoms with van der Waals surface area (Å²) >= 11 is 8.08. The number of hydrazine groups is 1. The highest BCUT2D eigenvalue weighted by atomic mass is 35.5. The predicted octanol–water partition coefficient (Wildman–Crippen LogP) is 2.06. The second-order valence-electron chi connectivity index (χ2n) is 8.47. The molecule has 2 aromatic heterocycles. The highest BCUT2D eigenvalue weighted by Crippen LogP contribution is 2.33. The first-order chi connectivity index (χ1) is 16.5. The normalized spacial score (nSPS) is 27.9. The number of rotatable bonds is 7. The van der Waals surface area contributed by atoms with E-state index in [0.717, 1.165) is 31.6 Å². The molecule has 2 aliphatic rings. The maximum Gasteiger partial charge on any atom is 0.226 e. The van der Waals surface area contributed by atoms with E-state index in [-0.39, 0.29) is 5.28 Å². The molecular formula is C22H27ClN6O4S. The minimum Gasteiger partial charge on any atom is -0.394 e. The van der Waals surface area contributed by atoms with Gasteiger partial charge in [-0.1, -0.05) is 24.6 Å². The van der Waals surface area contributed by atoms with Gasteiger partial charge in [0.2, 0.25) is 5.28 Å². The van der Waals surface area contributed by atoms with Crippen LogP contribution in [0.3, 0.4) is 0 Å². The number of aliphatic hydroxyl groups is 3. The summed E-state index contributed by atoms with van der Waals surface area (Å²) in [6.07, 6.45) is 0.437. The first kappa shape index (κ1) is 23.7. The molecule has 182 valence electrons. The maximum atomic E-state index is 10.4. The van der Waals surface area contributed by atoms with E-state index in [0.29, 0.717) is 23.0 Å². The highest BCUT2D eigenvalue weighted by Gasteiger charge is 2.44. The molecule has 0 radical (unpaired) electrons. The summed E-state index contributed by atoms with van der Waals surface area (Å²) in [6, 6.07) is 10.6. The molecule has 0 amide bonds. The zero-order chi connectivity index (χ0) is 23.7. The van der Waals surface area contributed by atoms with E-state index in [1.54, 1.807) is 0 Å². The van der Waals surface area contributed by atoms with Crippen molar-refractivity contribution in [3.05, 3.63) is 41.9 Å². The topological polar surface area (TPSA) is 129 Å². The zero-order valence-electron chi connectivity index (χ0n) is 18.4. The van der Waals surface area contributed by atoms with Crippen LogP contribution in [0, 0.1) is 0 Å². The summed E-state index contributed by atoms with van der Waals surface area (Å²) in [4.78, 5) is 14.4. The van der Waals surface area contributed by atoms with Crippen LogP contribution in [0.4, 0.5) is 5.82 Å². The number of benzene rings is 1. The Balaban J connectivity index is 1.38. The quantitative estimate of drug-likeness (QED) is 0.279. The SMILES string of the molecule is OC[C@H]1O[C@@H](n2cnc3c(NN4CCCCC4CSc4ccccc4)nc(Cl)nc32)[C@H](O)[C@@H]1O. The number of ether oxygens (including phenoxy) is 1. The Bertz CT molecular complexity index is 1120. The van der Waals surface area contributed by atoms with Gasteiger partial charge in [0.25, 0.3) is 0 Å². The van der Waals surface area contributed by atoms with E-state index in [9.17, 15) is 15.3 Å². The van der Waals surface area contributed by atoms with Gasteiger partial charge in [-0.3, -0.25) is 4.57 Å². The lowest BCUT2D eigenvalue weighted by atomic mass is 10.1. The van der Waals surface area contributed by atoms with Crippen molar-refractivity contribution in [2.45, 2.75) is 54.7 Å². The third kappa shape index (κ3) is 4.74. The van der Waals surface area contributed by atoms with Gasteiger partial charge >= 0.3 is 0 Å². The third-order valence-corrected chi connectivity index (χ3v) is 7.57. The molecule has 0 aliphatic carbocycles. The fourth-order valence-electron chi connectivity index (χ4n) is 4.43. The van der Waals surface area contributed by atoms with E-state index in [1.807, 2.05) is 30.0 Å². The van der Waals surface area contributed by atoms with Gasteiger partial charge in [-0.05, 0) is 36.6 Å². The molecule has 5 rings (SSSR count). The second-order valence-corrected chi connectivity index (χ2v) is 9.90. The number of aromatic nitrogens is 4. The molecule has 5 atom stereocenters. The van der Waals surface area contributed by atoms with Crippen LogP contribution in [0.1, 0.15) is 25.5 Å². The number of halogens is 1. The minimum absolute atomic E-state index is 0.0238. The number of imidazole rings is 1. The lowest BCUT2D eigenvalue weighted by Gasteiger charge is -2.35. The van der Waals surface area contributed by atoms with Crippen LogP contribution < -0.4 is 5.43 Å². The van der Waals surface area contributed by atoms with Crippen LogP contribution >= 0.6 is 23.4 Å². The molecule has 12 heteroatoms. The summed E-state index contributed by atoms with van der Waals surface area (Å²) < 4.78 is 7.15. The molecule has 10 nitrogen and oxygen atoms in total. The smallest absolute Gasteiger partial charge is 0.226 e. The standard InChI is InChI=1S/C22H27ClN6O4S/c23-22-25-19(27-29-9-5-4-6-13(29)11-34-14-7-2-1-3-8-14)16-20(26-22)28(12-24-16)21-18(32)17(31)15(10-30)33-21/h1-3,7-8,12-13,15,17-18,21,30-32H,4-6,9-11H2,(H,25,26,27)/t13?,15-,17-,18-,21-/m1/s1. The van der Waals surface area contributed by atoms with Gasteiger partial charge in [0.05, 0.1) is 12.9 Å². The average Bonchev–Trinajstić information content (AvgIpc) is 3.39. The first-order valence-corrected chi connectivity index (χ1v) is 12.6. The lowest BCUT2D eigenvalue weighted by molar-refractivity contribution is -0.0511. The number of hydrogen-bond acceptors (Lipinski definition) is 10. The van der Waals surface area contributed by atoms with Gasteiger partial charge in [-0.15, -0.1) is 11.8 Å². The van der Waals surface area contributed by atoms with Crippen molar-refractivity contribution in [3.63, 3.8) is 0 Å². The van der Waals surface area contributed by atoms with E-state index in [1.165, 1.54) is 15.8 Å². The Morgan fingerprint density at radius 3 is 2.74 bits per heavy atom. The number of nitrogens with zero attached hydrogens (tertiary/aromatic N) is 5. The molecule has 0 bridgehead atoms. The number of anilines is 1. The molecule has 0 spiro atoms. The van der Waals surface area contributed by atoms with Gasteiger partial charge in [-0.25, -0.2) is 9.99 Å². The van der Waals surface area contributed by atoms with Crippen molar-refractivity contribution in [2.24, 2.45) is 0 Å². The molecule has 4 N–H and O–H groups in total. The molecule has 0 saturated carbocycles. The molecular weight excluding hydrogens is 480 g/mol. The molecule has 34 heavy (non-hydrogen) atoms. The predicted molar refractivity (Wildman–Crippen MR) is 128 cm³/mol. The van der Waals surface area contributed by atoms with Crippen LogP contribution in [0.15, 0.2) is 41.6 Å². The van der Waals surface area contributed by atoms with Gasteiger partial charge in [-0.2, -0.15) is 9.97 Å².